The molecule has 0 spiro atoms. The molecule has 2 rings (SSSR count). The SMILES string of the molecule is Cc1ccc(CN2CC(S(=O)(=O)Cl)CC2=O)cc1. The summed E-state index contributed by atoms with van der Waals surface area (Å²) < 4.78 is 22.4. The standard InChI is InChI=1S/C12H14ClNO3S/c1-9-2-4-10(5-3-9)7-14-8-11(6-12(14)15)18(13,16)17/h2-5,11H,6-8H2,1H3. The molecule has 1 heterocycles. The maximum absolute atomic E-state index is 11.7. The maximum atomic E-state index is 11.7. The number of likely N-dealkylation sites (tertiary alicyclic amines) is 1. The summed E-state index contributed by atoms with van der Waals surface area (Å²) in [5, 5.41) is -0.780. The third-order valence-electron chi connectivity index (χ3n) is 3.07. The van der Waals surface area contributed by atoms with Gasteiger partial charge in [-0.25, -0.2) is 8.42 Å². The van der Waals surface area contributed by atoms with Crippen LogP contribution in [-0.4, -0.2) is 31.0 Å². The van der Waals surface area contributed by atoms with E-state index < -0.39 is 14.3 Å². The molecule has 1 atom stereocenters. The fourth-order valence-corrected chi connectivity index (χ4v) is 3.05. The van der Waals surface area contributed by atoms with Crippen LogP contribution in [0.4, 0.5) is 0 Å². The molecular formula is C12H14ClNO3S. The van der Waals surface area contributed by atoms with Crippen LogP contribution in [0.25, 0.3) is 0 Å². The van der Waals surface area contributed by atoms with E-state index in [1.54, 1.807) is 0 Å². The van der Waals surface area contributed by atoms with Crippen molar-refractivity contribution < 1.29 is 13.2 Å². The number of halogens is 1. The highest BCUT2D eigenvalue weighted by Gasteiger charge is 2.37. The molecule has 6 heteroatoms. The van der Waals surface area contributed by atoms with Gasteiger partial charge in [-0.1, -0.05) is 29.8 Å². The van der Waals surface area contributed by atoms with Crippen molar-refractivity contribution in [1.29, 1.82) is 0 Å². The van der Waals surface area contributed by atoms with E-state index in [1.165, 1.54) is 4.90 Å². The molecule has 1 aromatic rings. The molecule has 1 aromatic carbocycles. The Morgan fingerprint density at radius 3 is 2.44 bits per heavy atom. The van der Waals surface area contributed by atoms with Crippen molar-refractivity contribution in [2.24, 2.45) is 0 Å². The highest BCUT2D eigenvalue weighted by atomic mass is 35.7. The average molecular weight is 288 g/mol. The van der Waals surface area contributed by atoms with E-state index in [2.05, 4.69) is 0 Å². The number of carbonyl (C=O) groups excluding carboxylic acids is 1. The fraction of sp³-hybridized carbons (Fsp3) is 0.417. The molecule has 1 aliphatic heterocycles. The van der Waals surface area contributed by atoms with E-state index in [9.17, 15) is 13.2 Å². The lowest BCUT2D eigenvalue weighted by Crippen LogP contribution is -2.26. The van der Waals surface area contributed by atoms with Gasteiger partial charge in [0.1, 0.15) is 5.25 Å². The van der Waals surface area contributed by atoms with Gasteiger partial charge >= 0.3 is 0 Å². The van der Waals surface area contributed by atoms with Crippen LogP contribution in [-0.2, 0) is 20.4 Å². The van der Waals surface area contributed by atoms with Crippen molar-refractivity contribution in [3.05, 3.63) is 35.4 Å². The van der Waals surface area contributed by atoms with Crippen molar-refractivity contribution in [3.63, 3.8) is 0 Å². The van der Waals surface area contributed by atoms with Gasteiger partial charge in [-0.05, 0) is 12.5 Å². The number of amides is 1. The molecule has 18 heavy (non-hydrogen) atoms. The first kappa shape index (κ1) is 13.4. The normalized spacial score (nSPS) is 20.4. The number of hydrogen-bond donors (Lipinski definition) is 0. The average Bonchev–Trinajstić information content (AvgIpc) is 2.63. The Kier molecular flexibility index (Phi) is 3.64. The van der Waals surface area contributed by atoms with Gasteiger partial charge in [0, 0.05) is 30.2 Å². The van der Waals surface area contributed by atoms with Gasteiger partial charge in [0.15, 0.2) is 0 Å². The first-order valence-electron chi connectivity index (χ1n) is 5.63. The van der Waals surface area contributed by atoms with Gasteiger partial charge in [0.2, 0.25) is 15.0 Å². The molecule has 1 saturated heterocycles. The summed E-state index contributed by atoms with van der Waals surface area (Å²) in [5.74, 6) is -0.162. The van der Waals surface area contributed by atoms with E-state index >= 15 is 0 Å². The lowest BCUT2D eigenvalue weighted by atomic mass is 10.1. The van der Waals surface area contributed by atoms with E-state index in [1.807, 2.05) is 31.2 Å². The Labute approximate surface area is 111 Å². The van der Waals surface area contributed by atoms with E-state index in [0.717, 1.165) is 11.1 Å². The maximum Gasteiger partial charge on any atom is 0.237 e. The molecule has 98 valence electrons. The molecule has 0 aliphatic carbocycles. The molecule has 1 amide bonds. The van der Waals surface area contributed by atoms with Gasteiger partial charge in [0.25, 0.3) is 0 Å². The van der Waals surface area contributed by atoms with E-state index in [0.29, 0.717) is 6.54 Å². The largest absolute Gasteiger partial charge is 0.337 e. The monoisotopic (exact) mass is 287 g/mol. The summed E-state index contributed by atoms with van der Waals surface area (Å²) in [6.07, 6.45) is -0.0162. The molecule has 1 fully saturated rings. The summed E-state index contributed by atoms with van der Waals surface area (Å²) in [4.78, 5) is 13.2. The van der Waals surface area contributed by atoms with Gasteiger partial charge in [0.05, 0.1) is 0 Å². The summed E-state index contributed by atoms with van der Waals surface area (Å²) in [5.41, 5.74) is 2.13. The lowest BCUT2D eigenvalue weighted by Gasteiger charge is -2.16. The molecule has 0 bridgehead atoms. The Balaban J connectivity index is 2.07. The number of benzene rings is 1. The van der Waals surface area contributed by atoms with Crippen molar-refractivity contribution in [1.82, 2.24) is 4.90 Å². The van der Waals surface area contributed by atoms with E-state index in [4.69, 9.17) is 10.7 Å². The Bertz CT molecular complexity index is 553. The van der Waals surface area contributed by atoms with Crippen LogP contribution in [0, 0.1) is 6.92 Å². The van der Waals surface area contributed by atoms with Crippen molar-refractivity contribution in [2.75, 3.05) is 6.54 Å². The Hall–Kier alpha value is -1.07. The summed E-state index contributed by atoms with van der Waals surface area (Å²) in [6, 6.07) is 7.80. The smallest absolute Gasteiger partial charge is 0.237 e. The predicted octanol–water partition coefficient (Wildman–Crippen LogP) is 1.66. The molecular weight excluding hydrogens is 274 g/mol. The Morgan fingerprint density at radius 1 is 1.33 bits per heavy atom. The second-order valence-electron chi connectivity index (χ2n) is 4.56. The van der Waals surface area contributed by atoms with Crippen LogP contribution in [0.5, 0.6) is 0 Å². The topological polar surface area (TPSA) is 54.5 Å². The third-order valence-corrected chi connectivity index (χ3v) is 4.94. The zero-order chi connectivity index (χ0) is 13.3. The van der Waals surface area contributed by atoms with Gasteiger partial charge in [-0.3, -0.25) is 4.79 Å². The van der Waals surface area contributed by atoms with Crippen LogP contribution < -0.4 is 0 Å². The zero-order valence-electron chi connectivity index (χ0n) is 9.97. The highest BCUT2D eigenvalue weighted by Crippen LogP contribution is 2.22. The molecule has 0 saturated carbocycles. The van der Waals surface area contributed by atoms with Crippen molar-refractivity contribution in [3.8, 4) is 0 Å². The first-order chi connectivity index (χ1) is 8.36. The molecule has 1 aliphatic rings. The summed E-state index contributed by atoms with van der Waals surface area (Å²) in [7, 11) is 1.63. The minimum atomic E-state index is -3.66. The number of hydrogen-bond acceptors (Lipinski definition) is 3. The van der Waals surface area contributed by atoms with Crippen LogP contribution in [0.3, 0.4) is 0 Å². The quantitative estimate of drug-likeness (QED) is 0.795. The summed E-state index contributed by atoms with van der Waals surface area (Å²) >= 11 is 0. The van der Waals surface area contributed by atoms with Gasteiger partial charge < -0.3 is 4.90 Å². The second-order valence-corrected chi connectivity index (χ2v) is 7.47. The third kappa shape index (κ3) is 3.03. The van der Waals surface area contributed by atoms with E-state index in [-0.39, 0.29) is 18.9 Å². The number of nitrogens with zero attached hydrogens (tertiary/aromatic N) is 1. The molecule has 1 unspecified atom stereocenters. The molecule has 0 N–H and O–H groups in total. The highest BCUT2D eigenvalue weighted by molar-refractivity contribution is 8.14. The van der Waals surface area contributed by atoms with Crippen LogP contribution in [0.1, 0.15) is 17.5 Å². The van der Waals surface area contributed by atoms with Crippen LogP contribution >= 0.6 is 10.7 Å². The molecule has 4 nitrogen and oxygen atoms in total. The number of carbonyl (C=O) groups is 1. The minimum Gasteiger partial charge on any atom is -0.337 e. The molecule has 0 radical (unpaired) electrons. The predicted molar refractivity (Wildman–Crippen MR) is 69.8 cm³/mol. The fourth-order valence-electron chi connectivity index (χ4n) is 1.99. The lowest BCUT2D eigenvalue weighted by molar-refractivity contribution is -0.128. The Morgan fingerprint density at radius 2 is 1.94 bits per heavy atom. The van der Waals surface area contributed by atoms with Gasteiger partial charge in [-0.2, -0.15) is 0 Å². The zero-order valence-corrected chi connectivity index (χ0v) is 11.5. The summed E-state index contributed by atoms with van der Waals surface area (Å²) in [6.45, 7) is 2.60. The van der Waals surface area contributed by atoms with Gasteiger partial charge in [-0.15, -0.1) is 0 Å². The van der Waals surface area contributed by atoms with Crippen LogP contribution in [0.15, 0.2) is 24.3 Å². The number of rotatable bonds is 3. The molecule has 0 aromatic heterocycles. The minimum absolute atomic E-state index is 0.0162. The van der Waals surface area contributed by atoms with Crippen molar-refractivity contribution in [2.45, 2.75) is 25.1 Å². The van der Waals surface area contributed by atoms with Crippen LogP contribution in [0.2, 0.25) is 0 Å². The number of aryl methyl sites for hydroxylation is 1. The second kappa shape index (κ2) is 4.90. The first-order valence-corrected chi connectivity index (χ1v) is 8.00. The van der Waals surface area contributed by atoms with Crippen molar-refractivity contribution >= 4 is 25.6 Å².